The van der Waals surface area contributed by atoms with Gasteiger partial charge in [0.1, 0.15) is 17.5 Å². The van der Waals surface area contributed by atoms with Gasteiger partial charge in [-0.3, -0.25) is 9.59 Å². The van der Waals surface area contributed by atoms with Gasteiger partial charge >= 0.3 is 5.97 Å². The number of esters is 1. The van der Waals surface area contributed by atoms with Crippen LogP contribution in [0.3, 0.4) is 0 Å². The van der Waals surface area contributed by atoms with Gasteiger partial charge in [0.05, 0.1) is 0 Å². The second kappa shape index (κ2) is 4.62. The molecule has 0 aliphatic carbocycles. The monoisotopic (exact) mass is 292 g/mol. The van der Waals surface area contributed by atoms with Crippen LogP contribution in [-0.2, 0) is 19.1 Å². The first kappa shape index (κ1) is 13.5. The number of nitrogens with zero attached hydrogens (tertiary/aromatic N) is 1. The molecule has 2 heterocycles. The summed E-state index contributed by atoms with van der Waals surface area (Å²) in [5.41, 5.74) is 0. The summed E-state index contributed by atoms with van der Waals surface area (Å²) in [5, 5.41) is 2.24. The molecule has 1 unspecified atom stereocenters. The van der Waals surface area contributed by atoms with Crippen molar-refractivity contribution >= 4 is 41.6 Å². The summed E-state index contributed by atoms with van der Waals surface area (Å²) in [6.45, 7) is 3.72. The van der Waals surface area contributed by atoms with Crippen LogP contribution in [0.25, 0.3) is 0 Å². The third-order valence-electron chi connectivity index (χ3n) is 3.11. The number of thioether (sulfide) groups is 1. The summed E-state index contributed by atoms with van der Waals surface area (Å²) >= 11 is 6.84. The number of carbonyl (C=O) groups excluding carboxylic acids is 3. The summed E-state index contributed by atoms with van der Waals surface area (Å²) in [6.07, 6.45) is 0.498. The van der Waals surface area contributed by atoms with Gasteiger partial charge in [0.15, 0.2) is 6.07 Å². The van der Waals surface area contributed by atoms with Crippen LogP contribution in [0.15, 0.2) is 0 Å². The predicted molar refractivity (Wildman–Crippen MR) is 65.9 cm³/mol. The highest BCUT2D eigenvalue weighted by atomic mass is 35.5. The van der Waals surface area contributed by atoms with Gasteiger partial charge in [-0.1, -0.05) is 11.6 Å². The molecule has 8 heteroatoms. The Balaban J connectivity index is 2.19. The number of halogens is 1. The first-order valence-electron chi connectivity index (χ1n) is 5.36. The zero-order chi connectivity index (χ0) is 13.5. The van der Waals surface area contributed by atoms with E-state index in [1.165, 1.54) is 16.7 Å². The van der Waals surface area contributed by atoms with Crippen molar-refractivity contribution in [2.24, 2.45) is 0 Å². The van der Waals surface area contributed by atoms with Crippen molar-refractivity contribution in [3.63, 3.8) is 0 Å². The molecule has 1 N–H and O–H groups in total. The molecule has 2 fully saturated rings. The molecule has 2 saturated heterocycles. The van der Waals surface area contributed by atoms with Gasteiger partial charge in [0.2, 0.25) is 12.3 Å². The van der Waals surface area contributed by atoms with E-state index in [1.54, 1.807) is 0 Å². The van der Waals surface area contributed by atoms with Crippen molar-refractivity contribution in [1.82, 2.24) is 10.2 Å². The normalized spacial score (nSPS) is 32.5. The Hall–Kier alpha value is -0.950. The first-order valence-corrected chi connectivity index (χ1v) is 6.77. The molecular formula is C10H13ClN2O4S. The van der Waals surface area contributed by atoms with E-state index < -0.39 is 22.8 Å². The lowest BCUT2D eigenvalue weighted by Gasteiger charge is -2.43. The van der Waals surface area contributed by atoms with Gasteiger partial charge in [0, 0.05) is 4.75 Å². The smallest absolute Gasteiger partial charge is 0.331 e. The summed E-state index contributed by atoms with van der Waals surface area (Å²) in [7, 11) is 0. The number of hydrogen-bond acceptors (Lipinski definition) is 5. The van der Waals surface area contributed by atoms with Crippen LogP contribution in [-0.4, -0.2) is 51.5 Å². The summed E-state index contributed by atoms with van der Waals surface area (Å²) < 4.78 is 4.32. The molecule has 0 spiro atoms. The van der Waals surface area contributed by atoms with E-state index >= 15 is 0 Å². The highest BCUT2D eigenvalue weighted by Gasteiger charge is 2.64. The minimum absolute atomic E-state index is 0.217. The van der Waals surface area contributed by atoms with Gasteiger partial charge in [0.25, 0.3) is 0 Å². The molecule has 0 aromatic heterocycles. The van der Waals surface area contributed by atoms with Crippen LogP contribution in [0.4, 0.5) is 0 Å². The van der Waals surface area contributed by atoms with Crippen molar-refractivity contribution < 1.29 is 19.1 Å². The number of rotatable bonds is 4. The first-order chi connectivity index (χ1) is 8.44. The molecule has 0 aromatic carbocycles. The number of amides is 2. The Morgan fingerprint density at radius 3 is 2.89 bits per heavy atom. The van der Waals surface area contributed by atoms with Crippen molar-refractivity contribution in [3.8, 4) is 0 Å². The van der Waals surface area contributed by atoms with E-state index in [9.17, 15) is 14.4 Å². The molecule has 2 aliphatic rings. The van der Waals surface area contributed by atoms with Crippen LogP contribution in [0.1, 0.15) is 13.8 Å². The minimum Gasteiger partial charge on any atom is -0.448 e. The highest BCUT2D eigenvalue weighted by Crippen LogP contribution is 2.50. The molecule has 0 radical (unpaired) electrons. The summed E-state index contributed by atoms with van der Waals surface area (Å²) in [4.78, 5) is 35.6. The van der Waals surface area contributed by atoms with Crippen molar-refractivity contribution in [2.45, 2.75) is 36.1 Å². The zero-order valence-electron chi connectivity index (χ0n) is 9.88. The maximum atomic E-state index is 11.9. The zero-order valence-corrected chi connectivity index (χ0v) is 11.5. The molecular weight excluding hydrogens is 280 g/mol. The lowest BCUT2D eigenvalue weighted by atomic mass is 9.96. The molecule has 3 atom stereocenters. The third kappa shape index (κ3) is 1.85. The van der Waals surface area contributed by atoms with Gasteiger partial charge in [-0.25, -0.2) is 4.79 Å². The Labute approximate surface area is 113 Å². The summed E-state index contributed by atoms with van der Waals surface area (Å²) in [5.74, 6) is -0.774. The fourth-order valence-corrected chi connectivity index (χ4v) is 4.09. The molecule has 0 aromatic rings. The van der Waals surface area contributed by atoms with E-state index in [0.717, 1.165) is 0 Å². The fraction of sp³-hybridized carbons (Fsp3) is 0.700. The number of nitrogens with one attached hydrogen (secondary N) is 1. The maximum Gasteiger partial charge on any atom is 0.331 e. The molecule has 2 rings (SSSR count). The van der Waals surface area contributed by atoms with Crippen LogP contribution >= 0.6 is 23.4 Å². The average Bonchev–Trinajstić information content (AvgIpc) is 2.55. The van der Waals surface area contributed by atoms with Gasteiger partial charge in [-0.05, 0) is 13.8 Å². The molecule has 100 valence electrons. The fourth-order valence-electron chi connectivity index (χ4n) is 2.35. The third-order valence-corrected chi connectivity index (χ3v) is 4.79. The van der Waals surface area contributed by atoms with Gasteiger partial charge in [-0.15, -0.1) is 11.8 Å². The Kier molecular flexibility index (Phi) is 3.46. The lowest BCUT2D eigenvalue weighted by molar-refractivity contribution is -0.162. The van der Waals surface area contributed by atoms with E-state index in [4.69, 9.17) is 16.3 Å². The molecule has 2 aliphatic heterocycles. The molecule has 0 bridgehead atoms. The standard InChI is InChI=1S/C10H13ClN2O4S/c1-10(2)6(9(16)17-3-11)13-7(15)5(12-4-14)8(13)18-10/h4-6,8H,3H2,1-2H3,(H,12,14)/t5?,6-,8+/m0/s1. The van der Waals surface area contributed by atoms with E-state index in [2.05, 4.69) is 5.32 Å². The predicted octanol–water partition coefficient (Wildman–Crippen LogP) is -0.0972. The quantitative estimate of drug-likeness (QED) is 0.339. The topological polar surface area (TPSA) is 75.7 Å². The minimum atomic E-state index is -0.663. The Morgan fingerprint density at radius 1 is 1.67 bits per heavy atom. The number of hydrogen-bond donors (Lipinski definition) is 1. The van der Waals surface area contributed by atoms with Crippen LogP contribution in [0, 0.1) is 0 Å². The number of carbonyl (C=O) groups is 3. The van der Waals surface area contributed by atoms with Crippen LogP contribution in [0.5, 0.6) is 0 Å². The largest absolute Gasteiger partial charge is 0.448 e. The molecule has 18 heavy (non-hydrogen) atoms. The number of ether oxygens (including phenoxy) is 1. The molecule has 6 nitrogen and oxygen atoms in total. The second-order valence-electron chi connectivity index (χ2n) is 4.59. The SMILES string of the molecule is CC1(C)S[C@@H]2C(NC=O)C(=O)N2[C@H]1C(=O)OCCl. The lowest BCUT2D eigenvalue weighted by Crippen LogP contribution is -2.69. The Bertz CT molecular complexity index is 403. The van der Waals surface area contributed by atoms with Crippen molar-refractivity contribution in [3.05, 3.63) is 0 Å². The molecule has 0 saturated carbocycles. The van der Waals surface area contributed by atoms with Crippen LogP contribution < -0.4 is 5.32 Å². The Morgan fingerprint density at radius 2 is 2.33 bits per heavy atom. The van der Waals surface area contributed by atoms with Crippen LogP contribution in [0.2, 0.25) is 0 Å². The van der Waals surface area contributed by atoms with Crippen molar-refractivity contribution in [1.29, 1.82) is 0 Å². The molecule has 2 amide bonds. The van der Waals surface area contributed by atoms with Crippen molar-refractivity contribution in [2.75, 3.05) is 6.07 Å². The van der Waals surface area contributed by atoms with Gasteiger partial charge < -0.3 is 15.0 Å². The van der Waals surface area contributed by atoms with E-state index in [0.29, 0.717) is 6.41 Å². The van der Waals surface area contributed by atoms with Gasteiger partial charge in [-0.2, -0.15) is 0 Å². The summed E-state index contributed by atoms with van der Waals surface area (Å²) in [6, 6.07) is -1.46. The number of fused-ring (bicyclic) bond motifs is 1. The van der Waals surface area contributed by atoms with E-state index in [1.807, 2.05) is 13.8 Å². The van der Waals surface area contributed by atoms with E-state index in [-0.39, 0.29) is 17.3 Å². The number of alkyl halides is 1. The maximum absolute atomic E-state index is 11.9. The second-order valence-corrected chi connectivity index (χ2v) is 6.58. The average molecular weight is 293 g/mol. The highest BCUT2D eigenvalue weighted by molar-refractivity contribution is 8.01. The number of β-lactam (4-membered cyclic amide) rings is 1.